The maximum absolute atomic E-state index is 12.9. The topological polar surface area (TPSA) is 53.3 Å². The Kier molecular flexibility index (Phi) is 6.21. The van der Waals surface area contributed by atoms with E-state index >= 15 is 0 Å². The second-order valence-electron chi connectivity index (χ2n) is 6.01. The average molecular weight is 356 g/mol. The molecule has 4 heteroatoms. The minimum atomic E-state index is -0.148. The van der Waals surface area contributed by atoms with Crippen molar-refractivity contribution in [3.63, 3.8) is 0 Å². The molecule has 0 bridgehead atoms. The maximum Gasteiger partial charge on any atom is 0.264 e. The van der Waals surface area contributed by atoms with Gasteiger partial charge in [-0.25, -0.2) is 0 Å². The predicted molar refractivity (Wildman–Crippen MR) is 106 cm³/mol. The van der Waals surface area contributed by atoms with Crippen LogP contribution in [0.5, 0.6) is 5.75 Å². The largest absolute Gasteiger partial charge is 0.482 e. The molecule has 0 aliphatic heterocycles. The number of ether oxygens (including phenoxy) is 1. The number of nitriles is 1. The molecule has 0 heterocycles. The summed E-state index contributed by atoms with van der Waals surface area (Å²) in [5, 5.41) is 9.16. The summed E-state index contributed by atoms with van der Waals surface area (Å²) in [7, 11) is 0. The van der Waals surface area contributed by atoms with Crippen molar-refractivity contribution >= 4 is 11.6 Å². The van der Waals surface area contributed by atoms with Crippen LogP contribution in [0.1, 0.15) is 11.1 Å². The molecule has 0 radical (unpaired) electrons. The van der Waals surface area contributed by atoms with E-state index in [1.807, 2.05) is 60.7 Å². The molecule has 0 aliphatic rings. The molecule has 0 saturated heterocycles. The molecule has 134 valence electrons. The minimum Gasteiger partial charge on any atom is -0.482 e. The van der Waals surface area contributed by atoms with E-state index in [0.717, 1.165) is 12.1 Å². The summed E-state index contributed by atoms with van der Waals surface area (Å²) in [6.07, 6.45) is 0.746. The first kappa shape index (κ1) is 18.2. The fourth-order valence-corrected chi connectivity index (χ4v) is 2.79. The zero-order chi connectivity index (χ0) is 18.9. The summed E-state index contributed by atoms with van der Waals surface area (Å²) in [6, 6.07) is 28.6. The van der Waals surface area contributed by atoms with Gasteiger partial charge in [0.1, 0.15) is 11.8 Å². The Hall–Kier alpha value is -3.58. The van der Waals surface area contributed by atoms with Gasteiger partial charge >= 0.3 is 0 Å². The molecule has 0 unspecified atom stereocenters. The lowest BCUT2D eigenvalue weighted by molar-refractivity contribution is -0.120. The third-order valence-electron chi connectivity index (χ3n) is 4.19. The van der Waals surface area contributed by atoms with Crippen molar-refractivity contribution in [1.82, 2.24) is 0 Å². The Morgan fingerprint density at radius 2 is 1.52 bits per heavy atom. The molecule has 3 aromatic rings. The second kappa shape index (κ2) is 9.21. The molecular formula is C23H20N2O2. The van der Waals surface area contributed by atoms with E-state index in [1.54, 1.807) is 29.2 Å². The highest BCUT2D eigenvalue weighted by Gasteiger charge is 2.17. The second-order valence-corrected chi connectivity index (χ2v) is 6.01. The molecule has 3 rings (SSSR count). The van der Waals surface area contributed by atoms with Crippen molar-refractivity contribution in [2.45, 2.75) is 6.42 Å². The minimum absolute atomic E-state index is 0.123. The molecular weight excluding hydrogens is 336 g/mol. The van der Waals surface area contributed by atoms with Gasteiger partial charge in [-0.15, -0.1) is 0 Å². The van der Waals surface area contributed by atoms with E-state index in [4.69, 9.17) is 10.00 Å². The number of hydrogen-bond acceptors (Lipinski definition) is 3. The fourth-order valence-electron chi connectivity index (χ4n) is 2.79. The van der Waals surface area contributed by atoms with E-state index in [2.05, 4.69) is 6.07 Å². The number of anilines is 1. The van der Waals surface area contributed by atoms with Crippen LogP contribution in [-0.2, 0) is 11.2 Å². The smallest absolute Gasteiger partial charge is 0.264 e. The normalized spacial score (nSPS) is 10.0. The summed E-state index contributed by atoms with van der Waals surface area (Å²) in [5.41, 5.74) is 2.42. The van der Waals surface area contributed by atoms with Crippen LogP contribution in [0.4, 0.5) is 5.69 Å². The fraction of sp³-hybridized carbons (Fsp3) is 0.130. The van der Waals surface area contributed by atoms with Crippen LogP contribution >= 0.6 is 0 Å². The molecule has 1 amide bonds. The maximum atomic E-state index is 12.9. The molecule has 0 aromatic heterocycles. The van der Waals surface area contributed by atoms with E-state index in [9.17, 15) is 4.79 Å². The molecule has 27 heavy (non-hydrogen) atoms. The SMILES string of the molecule is N#Cc1ccccc1OCC(=O)N(CCc1ccccc1)c1ccccc1. The van der Waals surface area contributed by atoms with Gasteiger partial charge in [0.25, 0.3) is 5.91 Å². The molecule has 0 atom stereocenters. The standard InChI is InChI=1S/C23H20N2O2/c24-17-20-11-7-8-14-22(20)27-18-23(26)25(21-12-5-2-6-13-21)16-15-19-9-3-1-4-10-19/h1-14H,15-16,18H2. The van der Waals surface area contributed by atoms with Gasteiger partial charge in [-0.05, 0) is 36.2 Å². The first-order chi connectivity index (χ1) is 13.3. The lowest BCUT2D eigenvalue weighted by Crippen LogP contribution is -2.36. The van der Waals surface area contributed by atoms with Crippen molar-refractivity contribution < 1.29 is 9.53 Å². The van der Waals surface area contributed by atoms with Crippen LogP contribution < -0.4 is 9.64 Å². The van der Waals surface area contributed by atoms with Crippen LogP contribution in [-0.4, -0.2) is 19.1 Å². The number of rotatable bonds is 7. The first-order valence-corrected chi connectivity index (χ1v) is 8.79. The molecule has 0 spiro atoms. The molecule has 3 aromatic carbocycles. The molecule has 0 saturated carbocycles. The summed E-state index contributed by atoms with van der Waals surface area (Å²) in [6.45, 7) is 0.429. The predicted octanol–water partition coefficient (Wildman–Crippen LogP) is 4.21. The van der Waals surface area contributed by atoms with Crippen molar-refractivity contribution in [3.8, 4) is 11.8 Å². The Balaban J connectivity index is 1.72. The summed E-state index contributed by atoms with van der Waals surface area (Å²) in [5.74, 6) is 0.272. The van der Waals surface area contributed by atoms with E-state index in [-0.39, 0.29) is 12.5 Å². The molecule has 0 fully saturated rings. The Bertz CT molecular complexity index is 918. The first-order valence-electron chi connectivity index (χ1n) is 8.79. The van der Waals surface area contributed by atoms with Gasteiger partial charge in [0, 0.05) is 12.2 Å². The summed E-state index contributed by atoms with van der Waals surface area (Å²) < 4.78 is 5.63. The monoisotopic (exact) mass is 356 g/mol. The van der Waals surface area contributed by atoms with Crippen LogP contribution in [0.2, 0.25) is 0 Å². The highest BCUT2D eigenvalue weighted by atomic mass is 16.5. The van der Waals surface area contributed by atoms with Gasteiger partial charge in [-0.3, -0.25) is 4.79 Å². The van der Waals surface area contributed by atoms with E-state index in [1.165, 1.54) is 5.56 Å². The van der Waals surface area contributed by atoms with Crippen LogP contribution in [0.25, 0.3) is 0 Å². The van der Waals surface area contributed by atoms with Crippen LogP contribution in [0.15, 0.2) is 84.9 Å². The van der Waals surface area contributed by atoms with E-state index in [0.29, 0.717) is 17.9 Å². The number of carbonyl (C=O) groups excluding carboxylic acids is 1. The number of carbonyl (C=O) groups is 1. The van der Waals surface area contributed by atoms with Crippen LogP contribution in [0.3, 0.4) is 0 Å². The van der Waals surface area contributed by atoms with Gasteiger partial charge in [-0.1, -0.05) is 60.7 Å². The van der Waals surface area contributed by atoms with Crippen molar-refractivity contribution in [3.05, 3.63) is 96.1 Å². The zero-order valence-corrected chi connectivity index (χ0v) is 14.9. The molecule has 0 aliphatic carbocycles. The van der Waals surface area contributed by atoms with Gasteiger partial charge in [0.05, 0.1) is 5.56 Å². The van der Waals surface area contributed by atoms with Crippen molar-refractivity contribution in [2.24, 2.45) is 0 Å². The average Bonchev–Trinajstić information content (AvgIpc) is 2.74. The Morgan fingerprint density at radius 1 is 0.889 bits per heavy atom. The zero-order valence-electron chi connectivity index (χ0n) is 14.9. The summed E-state index contributed by atoms with van der Waals surface area (Å²) >= 11 is 0. The lowest BCUT2D eigenvalue weighted by atomic mass is 10.1. The van der Waals surface area contributed by atoms with Gasteiger partial charge in [0.2, 0.25) is 0 Å². The van der Waals surface area contributed by atoms with Gasteiger partial charge in [-0.2, -0.15) is 5.26 Å². The molecule has 0 N–H and O–H groups in total. The third-order valence-corrected chi connectivity index (χ3v) is 4.19. The highest BCUT2D eigenvalue weighted by Crippen LogP contribution is 2.18. The van der Waals surface area contributed by atoms with Gasteiger partial charge in [0.15, 0.2) is 6.61 Å². The van der Waals surface area contributed by atoms with E-state index < -0.39 is 0 Å². The number of para-hydroxylation sites is 2. The number of hydrogen-bond donors (Lipinski definition) is 0. The Morgan fingerprint density at radius 3 is 2.22 bits per heavy atom. The van der Waals surface area contributed by atoms with Crippen molar-refractivity contribution in [1.29, 1.82) is 5.26 Å². The number of nitrogens with zero attached hydrogens (tertiary/aromatic N) is 2. The van der Waals surface area contributed by atoms with Gasteiger partial charge < -0.3 is 9.64 Å². The summed E-state index contributed by atoms with van der Waals surface area (Å²) in [4.78, 5) is 14.6. The number of benzene rings is 3. The number of amides is 1. The Labute approximate surface area is 159 Å². The quantitative estimate of drug-likeness (QED) is 0.637. The highest BCUT2D eigenvalue weighted by molar-refractivity contribution is 5.94. The van der Waals surface area contributed by atoms with Crippen molar-refractivity contribution in [2.75, 3.05) is 18.1 Å². The lowest BCUT2D eigenvalue weighted by Gasteiger charge is -2.23. The molecule has 4 nitrogen and oxygen atoms in total. The van der Waals surface area contributed by atoms with Crippen LogP contribution in [0, 0.1) is 11.3 Å². The third kappa shape index (κ3) is 4.96.